The molecule has 1 aromatic carbocycles. The van der Waals surface area contributed by atoms with Crippen LogP contribution in [0.3, 0.4) is 0 Å². The summed E-state index contributed by atoms with van der Waals surface area (Å²) in [4.78, 5) is 54.5. The number of aliphatic hydroxyl groups excluding tert-OH is 1. The van der Waals surface area contributed by atoms with Gasteiger partial charge in [0.05, 0.1) is 6.61 Å². The quantitative estimate of drug-likeness (QED) is 0.0485. The second kappa shape index (κ2) is 17.5. The lowest BCUT2D eigenvalue weighted by molar-refractivity contribution is -0.134. The first-order valence-corrected chi connectivity index (χ1v) is 12.6. The topological polar surface area (TPSA) is 287 Å². The number of aromatic hydroxyl groups is 1. The largest absolute Gasteiger partial charge is 0.508 e. The summed E-state index contributed by atoms with van der Waals surface area (Å²) in [6.45, 7) is -0.0740. The molecule has 0 aliphatic carbocycles. The molecule has 0 aliphatic rings. The maximum absolute atomic E-state index is 13.2. The molecule has 0 unspecified atom stereocenters. The number of aliphatic hydroxyl groups is 1. The maximum Gasteiger partial charge on any atom is 0.243 e. The first-order chi connectivity index (χ1) is 18.5. The van der Waals surface area contributed by atoms with Crippen molar-refractivity contribution in [3.05, 3.63) is 29.8 Å². The molecule has 0 saturated heterocycles. The minimum atomic E-state index is -1.25. The summed E-state index contributed by atoms with van der Waals surface area (Å²) in [5, 5.41) is 26.3. The number of nitrogens with zero attached hydrogens (tertiary/aromatic N) is 1. The van der Waals surface area contributed by atoms with Gasteiger partial charge in [-0.15, -0.1) is 0 Å². The standard InChI is InChI=1S/C24H41N9O6/c25-10-2-1-4-17(23(39)33-19(20(27)36)12-14-6-8-15(35)9-7-14)32-22(38)18(5-3-11-30-24(28)29)31-21(37)16(26)13-34/h6-9,16-19,34-35H,1-5,10-13,25-26H2,(H2,27,36)(H,31,37)(H,32,38)(H,33,39)(H4,28,29,30)/t16-,17-,18-,19-/m0/s1. The maximum atomic E-state index is 13.2. The minimum Gasteiger partial charge on any atom is -0.508 e. The summed E-state index contributed by atoms with van der Waals surface area (Å²) in [5.74, 6) is -2.96. The van der Waals surface area contributed by atoms with Crippen molar-refractivity contribution in [3.63, 3.8) is 0 Å². The van der Waals surface area contributed by atoms with Gasteiger partial charge in [-0.25, -0.2) is 0 Å². The van der Waals surface area contributed by atoms with Crippen LogP contribution in [-0.4, -0.2) is 83.7 Å². The molecule has 0 saturated carbocycles. The van der Waals surface area contributed by atoms with Gasteiger partial charge in [-0.1, -0.05) is 12.1 Å². The SMILES string of the molecule is NCCCC[C@H](NC(=O)[C@H](CCCN=C(N)N)NC(=O)[C@@H](N)CO)C(=O)N[C@@H](Cc1ccc(O)cc1)C(N)=O. The number of hydrogen-bond donors (Lipinski definition) is 10. The number of nitrogens with one attached hydrogen (secondary N) is 3. The van der Waals surface area contributed by atoms with Crippen molar-refractivity contribution >= 4 is 29.6 Å². The lowest BCUT2D eigenvalue weighted by Crippen LogP contribution is -2.58. The van der Waals surface area contributed by atoms with E-state index in [1.807, 2.05) is 0 Å². The molecule has 4 atom stereocenters. The Morgan fingerprint density at radius 1 is 0.821 bits per heavy atom. The Labute approximate surface area is 226 Å². The first-order valence-electron chi connectivity index (χ1n) is 12.6. The zero-order chi connectivity index (χ0) is 29.4. The van der Waals surface area contributed by atoms with E-state index in [4.69, 9.17) is 28.7 Å². The van der Waals surface area contributed by atoms with Gasteiger partial charge in [0, 0.05) is 13.0 Å². The molecule has 0 bridgehead atoms. The predicted molar refractivity (Wildman–Crippen MR) is 145 cm³/mol. The van der Waals surface area contributed by atoms with E-state index in [1.165, 1.54) is 12.1 Å². The van der Waals surface area contributed by atoms with Crippen LogP contribution < -0.4 is 44.6 Å². The van der Waals surface area contributed by atoms with E-state index in [9.17, 15) is 29.4 Å². The van der Waals surface area contributed by atoms with E-state index in [1.54, 1.807) is 12.1 Å². The third kappa shape index (κ3) is 12.9. The number of carbonyl (C=O) groups excluding carboxylic acids is 4. The van der Waals surface area contributed by atoms with E-state index >= 15 is 0 Å². The number of aliphatic imine (C=N–C) groups is 1. The Bertz CT molecular complexity index is 969. The van der Waals surface area contributed by atoms with Crippen LogP contribution in [0.4, 0.5) is 0 Å². The highest BCUT2D eigenvalue weighted by atomic mass is 16.3. The van der Waals surface area contributed by atoms with Gasteiger partial charge in [-0.05, 0) is 56.3 Å². The molecule has 15 N–H and O–H groups in total. The van der Waals surface area contributed by atoms with Gasteiger partial charge in [-0.2, -0.15) is 0 Å². The average molecular weight is 552 g/mol. The number of benzene rings is 1. The van der Waals surface area contributed by atoms with Crippen molar-refractivity contribution in [2.24, 2.45) is 33.7 Å². The van der Waals surface area contributed by atoms with E-state index < -0.39 is 54.4 Å². The number of nitrogens with two attached hydrogens (primary N) is 5. The fourth-order valence-corrected chi connectivity index (χ4v) is 3.53. The molecule has 39 heavy (non-hydrogen) atoms. The lowest BCUT2D eigenvalue weighted by Gasteiger charge is -2.25. The molecular formula is C24H41N9O6. The number of phenolic OH excluding ortho intramolecular Hbond substituents is 1. The van der Waals surface area contributed by atoms with Crippen molar-refractivity contribution in [2.45, 2.75) is 62.7 Å². The van der Waals surface area contributed by atoms with Gasteiger partial charge in [0.2, 0.25) is 23.6 Å². The van der Waals surface area contributed by atoms with Gasteiger partial charge < -0.3 is 54.8 Å². The molecule has 15 heteroatoms. The van der Waals surface area contributed by atoms with Crippen LogP contribution in [0, 0.1) is 0 Å². The third-order valence-corrected chi connectivity index (χ3v) is 5.73. The molecule has 0 aliphatic heterocycles. The van der Waals surface area contributed by atoms with Crippen molar-refractivity contribution in [1.29, 1.82) is 0 Å². The van der Waals surface area contributed by atoms with Crippen LogP contribution in [0.15, 0.2) is 29.3 Å². The Morgan fingerprint density at radius 3 is 1.87 bits per heavy atom. The Hall–Kier alpha value is -3.95. The summed E-state index contributed by atoms with van der Waals surface area (Å²) >= 11 is 0. The molecule has 0 aromatic heterocycles. The number of primary amides is 1. The van der Waals surface area contributed by atoms with Crippen molar-refractivity contribution in [3.8, 4) is 5.75 Å². The van der Waals surface area contributed by atoms with Crippen LogP contribution in [0.5, 0.6) is 5.75 Å². The van der Waals surface area contributed by atoms with Gasteiger partial charge >= 0.3 is 0 Å². The second-order valence-electron chi connectivity index (χ2n) is 8.98. The van der Waals surface area contributed by atoms with E-state index in [2.05, 4.69) is 20.9 Å². The van der Waals surface area contributed by atoms with Crippen LogP contribution >= 0.6 is 0 Å². The molecular weight excluding hydrogens is 510 g/mol. The van der Waals surface area contributed by atoms with Crippen LogP contribution in [0.2, 0.25) is 0 Å². The fourth-order valence-electron chi connectivity index (χ4n) is 3.53. The predicted octanol–water partition coefficient (Wildman–Crippen LogP) is -3.62. The average Bonchev–Trinajstić information content (AvgIpc) is 2.89. The fraction of sp³-hybridized carbons (Fsp3) is 0.542. The monoisotopic (exact) mass is 551 g/mol. The van der Waals surface area contributed by atoms with Crippen molar-refractivity contribution < 1.29 is 29.4 Å². The number of carbonyl (C=O) groups is 4. The van der Waals surface area contributed by atoms with Crippen LogP contribution in [0.25, 0.3) is 0 Å². The van der Waals surface area contributed by atoms with Crippen LogP contribution in [-0.2, 0) is 25.6 Å². The Kier molecular flexibility index (Phi) is 14.9. The summed E-state index contributed by atoms with van der Waals surface area (Å²) in [6, 6.07) is 1.53. The molecule has 0 heterocycles. The first kappa shape index (κ1) is 33.1. The number of phenols is 1. The number of rotatable bonds is 18. The van der Waals surface area contributed by atoms with Crippen LogP contribution in [0.1, 0.15) is 37.7 Å². The van der Waals surface area contributed by atoms with Crippen molar-refractivity contribution in [1.82, 2.24) is 16.0 Å². The summed E-state index contributed by atoms with van der Waals surface area (Å²) < 4.78 is 0. The molecule has 0 radical (unpaired) electrons. The van der Waals surface area contributed by atoms with Gasteiger partial charge in [0.1, 0.15) is 29.9 Å². The number of unbranched alkanes of at least 4 members (excludes halogenated alkanes) is 1. The highest BCUT2D eigenvalue weighted by Crippen LogP contribution is 2.12. The normalized spacial score (nSPS) is 13.8. The molecule has 0 fully saturated rings. The number of amides is 4. The van der Waals surface area contributed by atoms with Gasteiger partial charge in [-0.3, -0.25) is 24.2 Å². The molecule has 1 rings (SSSR count). The van der Waals surface area contributed by atoms with E-state index in [-0.39, 0.29) is 37.5 Å². The highest BCUT2D eigenvalue weighted by Gasteiger charge is 2.29. The van der Waals surface area contributed by atoms with Crippen molar-refractivity contribution in [2.75, 3.05) is 19.7 Å². The molecule has 1 aromatic rings. The summed E-state index contributed by atoms with van der Waals surface area (Å²) in [5.41, 5.74) is 27.9. The Balaban J connectivity index is 3.04. The minimum absolute atomic E-state index is 0.0426. The van der Waals surface area contributed by atoms with E-state index in [0.717, 1.165) is 0 Å². The Morgan fingerprint density at radius 2 is 1.36 bits per heavy atom. The summed E-state index contributed by atoms with van der Waals surface area (Å²) in [6.07, 6.45) is 1.75. The molecule has 218 valence electrons. The number of hydrogen-bond acceptors (Lipinski definition) is 9. The summed E-state index contributed by atoms with van der Waals surface area (Å²) in [7, 11) is 0. The number of guanidine groups is 1. The second-order valence-corrected chi connectivity index (χ2v) is 8.98. The molecule has 15 nitrogen and oxygen atoms in total. The molecule has 0 spiro atoms. The smallest absolute Gasteiger partial charge is 0.243 e. The third-order valence-electron chi connectivity index (χ3n) is 5.73. The lowest BCUT2D eigenvalue weighted by atomic mass is 10.0. The van der Waals surface area contributed by atoms with E-state index in [0.29, 0.717) is 31.4 Å². The van der Waals surface area contributed by atoms with Gasteiger partial charge in [0.15, 0.2) is 5.96 Å². The zero-order valence-electron chi connectivity index (χ0n) is 21.8. The van der Waals surface area contributed by atoms with Gasteiger partial charge in [0.25, 0.3) is 0 Å². The zero-order valence-corrected chi connectivity index (χ0v) is 21.8. The highest BCUT2D eigenvalue weighted by molar-refractivity contribution is 5.94. The molecule has 4 amide bonds.